The molecule has 1 unspecified atom stereocenters. The summed E-state index contributed by atoms with van der Waals surface area (Å²) < 4.78 is 36.5. The summed E-state index contributed by atoms with van der Waals surface area (Å²) in [6, 6.07) is 10.0. The van der Waals surface area contributed by atoms with E-state index in [-0.39, 0.29) is 12.5 Å². The van der Waals surface area contributed by atoms with Crippen molar-refractivity contribution in [1.82, 2.24) is 4.90 Å². The molecule has 0 aromatic heterocycles. The number of alkyl halides is 3. The predicted molar refractivity (Wildman–Crippen MR) is 75.3 cm³/mol. The molecule has 2 nitrogen and oxygen atoms in total. The first kappa shape index (κ1) is 17.0. The third-order valence-corrected chi connectivity index (χ3v) is 3.35. The van der Waals surface area contributed by atoms with Gasteiger partial charge in [-0.15, -0.1) is 0 Å². The van der Waals surface area contributed by atoms with Crippen LogP contribution in [0.1, 0.15) is 31.7 Å². The number of rotatable bonds is 8. The Balaban J connectivity index is 2.48. The summed E-state index contributed by atoms with van der Waals surface area (Å²) in [5, 5.41) is 0. The molecule has 0 spiro atoms. The lowest BCUT2D eigenvalue weighted by Gasteiger charge is -2.29. The van der Waals surface area contributed by atoms with E-state index in [9.17, 15) is 13.2 Å². The number of hydrogen-bond acceptors (Lipinski definition) is 2. The molecule has 114 valence electrons. The number of halogens is 3. The van der Waals surface area contributed by atoms with Gasteiger partial charge in [0, 0.05) is 32.1 Å². The first-order chi connectivity index (χ1) is 9.42. The van der Waals surface area contributed by atoms with Crippen LogP contribution in [0.3, 0.4) is 0 Å². The van der Waals surface area contributed by atoms with Crippen molar-refractivity contribution >= 4 is 0 Å². The van der Waals surface area contributed by atoms with Crippen LogP contribution in [0.25, 0.3) is 0 Å². The molecule has 0 aliphatic heterocycles. The van der Waals surface area contributed by atoms with Crippen molar-refractivity contribution in [3.63, 3.8) is 0 Å². The minimum atomic E-state index is -4.06. The Morgan fingerprint density at radius 3 is 2.40 bits per heavy atom. The zero-order valence-corrected chi connectivity index (χ0v) is 11.9. The Labute approximate surface area is 118 Å². The molecule has 0 aliphatic carbocycles. The van der Waals surface area contributed by atoms with Crippen LogP contribution in [0.2, 0.25) is 0 Å². The van der Waals surface area contributed by atoms with Gasteiger partial charge in [0.2, 0.25) is 0 Å². The summed E-state index contributed by atoms with van der Waals surface area (Å²) in [5.74, 6) is 0. The van der Waals surface area contributed by atoms with E-state index in [4.69, 9.17) is 5.73 Å². The molecule has 0 amide bonds. The molecular weight excluding hydrogens is 265 g/mol. The fraction of sp³-hybridized carbons (Fsp3) is 0.600. The molecule has 0 bridgehead atoms. The van der Waals surface area contributed by atoms with Crippen LogP contribution in [0.4, 0.5) is 13.2 Å². The second-order valence-electron chi connectivity index (χ2n) is 5.10. The molecule has 20 heavy (non-hydrogen) atoms. The SMILES string of the molecule is CC(CCCC(F)(F)F)N(CCN)Cc1ccccc1. The highest BCUT2D eigenvalue weighted by molar-refractivity contribution is 5.14. The third-order valence-electron chi connectivity index (χ3n) is 3.35. The summed E-state index contributed by atoms with van der Waals surface area (Å²) in [7, 11) is 0. The van der Waals surface area contributed by atoms with Crippen molar-refractivity contribution in [3.8, 4) is 0 Å². The molecule has 1 rings (SSSR count). The van der Waals surface area contributed by atoms with Gasteiger partial charge in [0.05, 0.1) is 0 Å². The van der Waals surface area contributed by atoms with E-state index in [0.29, 0.717) is 19.5 Å². The van der Waals surface area contributed by atoms with Crippen molar-refractivity contribution < 1.29 is 13.2 Å². The van der Waals surface area contributed by atoms with Crippen molar-refractivity contribution in [2.45, 2.75) is 44.9 Å². The lowest BCUT2D eigenvalue weighted by atomic mass is 10.1. The normalized spacial score (nSPS) is 13.7. The van der Waals surface area contributed by atoms with Crippen molar-refractivity contribution in [3.05, 3.63) is 35.9 Å². The Kier molecular flexibility index (Phi) is 7.02. The second kappa shape index (κ2) is 8.27. The molecule has 0 aliphatic rings. The van der Waals surface area contributed by atoms with Gasteiger partial charge in [-0.2, -0.15) is 13.2 Å². The maximum Gasteiger partial charge on any atom is 0.389 e. The lowest BCUT2D eigenvalue weighted by Crippen LogP contribution is -2.36. The first-order valence-electron chi connectivity index (χ1n) is 6.97. The van der Waals surface area contributed by atoms with Gasteiger partial charge in [-0.25, -0.2) is 0 Å². The van der Waals surface area contributed by atoms with E-state index in [1.807, 2.05) is 37.3 Å². The van der Waals surface area contributed by atoms with E-state index in [1.54, 1.807) is 0 Å². The highest BCUT2D eigenvalue weighted by Crippen LogP contribution is 2.23. The van der Waals surface area contributed by atoms with E-state index in [2.05, 4.69) is 4.90 Å². The molecule has 0 heterocycles. The summed E-state index contributed by atoms with van der Waals surface area (Å²) in [6.45, 7) is 3.90. The Hall–Kier alpha value is -1.07. The number of benzene rings is 1. The standard InChI is InChI=1S/C15H23F3N2/c1-13(6-5-9-15(16,17)18)20(11-10-19)12-14-7-3-2-4-8-14/h2-4,7-8,13H,5-6,9-12,19H2,1H3. The van der Waals surface area contributed by atoms with Crippen molar-refractivity contribution in [2.75, 3.05) is 13.1 Å². The van der Waals surface area contributed by atoms with Crippen LogP contribution in [0.5, 0.6) is 0 Å². The molecule has 1 aromatic rings. The quantitative estimate of drug-likeness (QED) is 0.792. The Morgan fingerprint density at radius 2 is 1.85 bits per heavy atom. The van der Waals surface area contributed by atoms with Crippen LogP contribution in [-0.4, -0.2) is 30.2 Å². The largest absolute Gasteiger partial charge is 0.389 e. The lowest BCUT2D eigenvalue weighted by molar-refractivity contribution is -0.136. The fourth-order valence-corrected chi connectivity index (χ4v) is 2.22. The highest BCUT2D eigenvalue weighted by Gasteiger charge is 2.26. The topological polar surface area (TPSA) is 29.3 Å². The third kappa shape index (κ3) is 6.91. The zero-order chi connectivity index (χ0) is 15.0. The van der Waals surface area contributed by atoms with Crippen LogP contribution in [-0.2, 0) is 6.54 Å². The predicted octanol–water partition coefficient (Wildman–Crippen LogP) is 3.57. The van der Waals surface area contributed by atoms with Gasteiger partial charge in [-0.1, -0.05) is 30.3 Å². The Morgan fingerprint density at radius 1 is 1.20 bits per heavy atom. The van der Waals surface area contributed by atoms with E-state index in [1.165, 1.54) is 0 Å². The van der Waals surface area contributed by atoms with Crippen LogP contribution in [0.15, 0.2) is 30.3 Å². The molecule has 2 N–H and O–H groups in total. The average Bonchev–Trinajstić information content (AvgIpc) is 2.38. The second-order valence-corrected chi connectivity index (χ2v) is 5.10. The summed E-state index contributed by atoms with van der Waals surface area (Å²) >= 11 is 0. The molecular formula is C15H23F3N2. The van der Waals surface area contributed by atoms with Crippen LogP contribution >= 0.6 is 0 Å². The van der Waals surface area contributed by atoms with E-state index in [0.717, 1.165) is 12.1 Å². The van der Waals surface area contributed by atoms with Crippen molar-refractivity contribution in [2.24, 2.45) is 5.73 Å². The number of nitrogens with zero attached hydrogens (tertiary/aromatic N) is 1. The van der Waals surface area contributed by atoms with Crippen LogP contribution < -0.4 is 5.73 Å². The molecule has 5 heteroatoms. The minimum absolute atomic E-state index is 0.0982. The summed E-state index contributed by atoms with van der Waals surface area (Å²) in [6.07, 6.45) is -4.07. The highest BCUT2D eigenvalue weighted by atomic mass is 19.4. The smallest absolute Gasteiger partial charge is 0.329 e. The molecule has 0 radical (unpaired) electrons. The van der Waals surface area contributed by atoms with Gasteiger partial charge in [-0.05, 0) is 25.3 Å². The molecule has 0 saturated heterocycles. The summed E-state index contributed by atoms with van der Waals surface area (Å²) in [4.78, 5) is 2.14. The average molecular weight is 288 g/mol. The van der Waals surface area contributed by atoms with Gasteiger partial charge < -0.3 is 5.73 Å². The van der Waals surface area contributed by atoms with Gasteiger partial charge in [0.15, 0.2) is 0 Å². The first-order valence-corrected chi connectivity index (χ1v) is 6.97. The maximum atomic E-state index is 12.2. The minimum Gasteiger partial charge on any atom is -0.329 e. The van der Waals surface area contributed by atoms with Gasteiger partial charge in [0.25, 0.3) is 0 Å². The summed E-state index contributed by atoms with van der Waals surface area (Å²) in [5.41, 5.74) is 6.75. The van der Waals surface area contributed by atoms with E-state index >= 15 is 0 Å². The van der Waals surface area contributed by atoms with Crippen LogP contribution in [0, 0.1) is 0 Å². The monoisotopic (exact) mass is 288 g/mol. The van der Waals surface area contributed by atoms with E-state index < -0.39 is 12.6 Å². The molecule has 1 atom stereocenters. The van der Waals surface area contributed by atoms with Gasteiger partial charge in [0.1, 0.15) is 0 Å². The molecule has 0 fully saturated rings. The number of nitrogens with two attached hydrogens (primary N) is 1. The zero-order valence-electron chi connectivity index (χ0n) is 11.9. The van der Waals surface area contributed by atoms with Gasteiger partial charge in [-0.3, -0.25) is 4.90 Å². The number of hydrogen-bond donors (Lipinski definition) is 1. The van der Waals surface area contributed by atoms with Crippen molar-refractivity contribution in [1.29, 1.82) is 0 Å². The maximum absolute atomic E-state index is 12.2. The van der Waals surface area contributed by atoms with Gasteiger partial charge >= 0.3 is 6.18 Å². The fourth-order valence-electron chi connectivity index (χ4n) is 2.22. The molecule has 1 aromatic carbocycles. The Bertz CT molecular complexity index is 365. The molecule has 0 saturated carbocycles.